The summed E-state index contributed by atoms with van der Waals surface area (Å²) < 4.78 is 0. The molecule has 0 heterocycles. The van der Waals surface area contributed by atoms with Crippen LogP contribution in [0.3, 0.4) is 0 Å². The molecule has 0 aromatic heterocycles. The van der Waals surface area contributed by atoms with E-state index in [-0.39, 0.29) is 5.92 Å². The van der Waals surface area contributed by atoms with Crippen LogP contribution in [-0.4, -0.2) is 10.7 Å². The fraction of sp³-hybridized carbons (Fsp3) is 0.750. The highest BCUT2D eigenvalue weighted by Crippen LogP contribution is 2.02. The normalized spacial score (nSPS) is 13.0. The Balaban J connectivity index is 3.45. The molecular weight excluding hydrogens is 111 g/mol. The molecule has 7 heavy (non-hydrogen) atoms. The smallest absolute Gasteiger partial charge is 0.213 e. The van der Waals surface area contributed by atoms with Gasteiger partial charge in [-0.25, -0.2) is 0 Å². The van der Waals surface area contributed by atoms with Gasteiger partial charge in [-0.05, 0) is 0 Å². The molecule has 0 bridgehead atoms. The molecule has 2 nitrogen and oxygen atoms in total. The lowest BCUT2D eigenvalue weighted by Gasteiger charge is -1.87. The van der Waals surface area contributed by atoms with Crippen molar-refractivity contribution in [2.24, 2.45) is 5.92 Å². The molecule has 42 valence electrons. The maximum Gasteiger partial charge on any atom is 0.213 e. The molecule has 0 fully saturated rings. The first-order valence-electron chi connectivity index (χ1n) is 2.13. The second-order valence-corrected chi connectivity index (χ2v) is 2.60. The lowest BCUT2D eigenvalue weighted by molar-refractivity contribution is -0.167. The Morgan fingerprint density at radius 3 is 2.14 bits per heavy atom. The van der Waals surface area contributed by atoms with Crippen molar-refractivity contribution in [2.45, 2.75) is 13.8 Å². The zero-order valence-corrected chi connectivity index (χ0v) is 5.35. The third-order valence-electron chi connectivity index (χ3n) is 0.426. The summed E-state index contributed by atoms with van der Waals surface area (Å²) in [5, 5.41) is 0. The second-order valence-electron chi connectivity index (χ2n) is 1.70. The van der Waals surface area contributed by atoms with Crippen molar-refractivity contribution in [3.05, 3.63) is 0 Å². The molecule has 0 spiro atoms. The molecule has 1 N–H and O–H groups in total. The Bertz CT molecular complexity index is 73.8. The highest BCUT2D eigenvalue weighted by molar-refractivity contribution is 7.43. The van der Waals surface area contributed by atoms with Crippen molar-refractivity contribution in [1.82, 2.24) is 0 Å². The van der Waals surface area contributed by atoms with Gasteiger partial charge in [0.15, 0.2) is 0 Å². The summed E-state index contributed by atoms with van der Waals surface area (Å²) in [6, 6.07) is 0. The highest BCUT2D eigenvalue weighted by Gasteiger charge is 1.90. The maximum atomic E-state index is 9.90. The summed E-state index contributed by atoms with van der Waals surface area (Å²) in [7, 11) is -2.01. The minimum Gasteiger partial charge on any atom is -0.603 e. The molecular formula is C4H9O2P. The Morgan fingerprint density at radius 1 is 1.71 bits per heavy atom. The first kappa shape index (κ1) is 7.09. The zero-order chi connectivity index (χ0) is 5.86. The van der Waals surface area contributed by atoms with E-state index in [1.165, 1.54) is 5.80 Å². The Hall–Kier alpha value is 0.0900. The molecule has 0 aromatic carbocycles. The topological polar surface area (TPSA) is 43.3 Å². The Kier molecular flexibility index (Phi) is 3.18. The van der Waals surface area contributed by atoms with Crippen molar-refractivity contribution in [1.29, 1.82) is 0 Å². The molecule has 0 radical (unpaired) electrons. The fourth-order valence-corrected chi connectivity index (χ4v) is 0.765. The van der Waals surface area contributed by atoms with Gasteiger partial charge in [-0.2, -0.15) is 4.89 Å². The lowest BCUT2D eigenvalue weighted by Crippen LogP contribution is -1.93. The van der Waals surface area contributed by atoms with E-state index in [1.54, 1.807) is 0 Å². The van der Waals surface area contributed by atoms with Gasteiger partial charge in [0.05, 0.1) is 0 Å². The number of hydrogen-bond donors (Lipinski definition) is 1. The van der Waals surface area contributed by atoms with E-state index in [9.17, 15) is 4.89 Å². The second kappa shape index (κ2) is 3.14. The van der Waals surface area contributed by atoms with Crippen LogP contribution in [0.5, 0.6) is 0 Å². The van der Waals surface area contributed by atoms with Crippen molar-refractivity contribution in [2.75, 3.05) is 0 Å². The van der Waals surface area contributed by atoms with Gasteiger partial charge in [0.1, 0.15) is 5.80 Å². The molecule has 0 saturated heterocycles. The van der Waals surface area contributed by atoms with E-state index in [0.29, 0.717) is 0 Å². The van der Waals surface area contributed by atoms with Crippen molar-refractivity contribution in [3.63, 3.8) is 0 Å². The molecule has 0 amide bonds. The Morgan fingerprint density at radius 2 is 2.14 bits per heavy atom. The minimum atomic E-state index is -2.01. The van der Waals surface area contributed by atoms with E-state index in [2.05, 4.69) is 0 Å². The van der Waals surface area contributed by atoms with Crippen LogP contribution in [0, 0.1) is 5.92 Å². The van der Waals surface area contributed by atoms with Gasteiger partial charge >= 0.3 is 0 Å². The van der Waals surface area contributed by atoms with Crippen LogP contribution >= 0.6 is 8.00 Å². The quantitative estimate of drug-likeness (QED) is 0.499. The van der Waals surface area contributed by atoms with Crippen LogP contribution in [0.15, 0.2) is 0 Å². The van der Waals surface area contributed by atoms with Crippen LogP contribution in [-0.2, 0) is 0 Å². The van der Waals surface area contributed by atoms with Crippen LogP contribution < -0.4 is 4.89 Å². The molecule has 0 aliphatic rings. The molecule has 1 unspecified atom stereocenters. The summed E-state index contributed by atoms with van der Waals surface area (Å²) in [6.07, 6.45) is 0. The standard InChI is InChI=1S/C4H9O2P/c1-4(2)3-7(5)6/h3-4H,1-2H3,(H,5,6). The van der Waals surface area contributed by atoms with Gasteiger partial charge in [0.2, 0.25) is 8.00 Å². The largest absolute Gasteiger partial charge is 0.603 e. The van der Waals surface area contributed by atoms with E-state index in [1.807, 2.05) is 13.8 Å². The molecule has 3 heteroatoms. The summed E-state index contributed by atoms with van der Waals surface area (Å²) >= 11 is 0. The third-order valence-corrected chi connectivity index (χ3v) is 1.28. The molecule has 0 aliphatic carbocycles. The third kappa shape index (κ3) is 6.09. The minimum absolute atomic E-state index is 0.216. The molecule has 1 atom stereocenters. The van der Waals surface area contributed by atoms with Gasteiger partial charge in [0.25, 0.3) is 0 Å². The van der Waals surface area contributed by atoms with E-state index in [4.69, 9.17) is 4.89 Å². The number of rotatable bonds is 1. The lowest BCUT2D eigenvalue weighted by atomic mass is 10.3. The average molecular weight is 120 g/mol. The predicted octanol–water partition coefficient (Wildman–Crippen LogP) is 0.109. The van der Waals surface area contributed by atoms with Gasteiger partial charge < -0.3 is 4.89 Å². The molecule has 0 aromatic rings. The monoisotopic (exact) mass is 120 g/mol. The van der Waals surface area contributed by atoms with Crippen molar-refractivity contribution >= 4 is 13.8 Å². The van der Waals surface area contributed by atoms with Crippen molar-refractivity contribution in [3.8, 4) is 0 Å². The van der Waals surface area contributed by atoms with Gasteiger partial charge in [-0.15, -0.1) is 0 Å². The van der Waals surface area contributed by atoms with Crippen LogP contribution in [0.2, 0.25) is 0 Å². The summed E-state index contributed by atoms with van der Waals surface area (Å²) in [5.74, 6) is 1.61. The molecule has 0 aliphatic heterocycles. The summed E-state index contributed by atoms with van der Waals surface area (Å²) in [6.45, 7) is 3.73. The molecule has 0 saturated carbocycles. The predicted molar refractivity (Wildman–Crippen MR) is 30.0 cm³/mol. The van der Waals surface area contributed by atoms with E-state index in [0.717, 1.165) is 0 Å². The van der Waals surface area contributed by atoms with E-state index < -0.39 is 8.00 Å². The van der Waals surface area contributed by atoms with Crippen LogP contribution in [0.25, 0.3) is 0 Å². The summed E-state index contributed by atoms with van der Waals surface area (Å²) in [4.78, 5) is 18.1. The SMILES string of the molecule is CC(C)C=[P+]([O-])O. The first-order chi connectivity index (χ1) is 3.13. The average Bonchev–Trinajstić information content (AvgIpc) is 1.27. The highest BCUT2D eigenvalue weighted by atomic mass is 31.1. The van der Waals surface area contributed by atoms with Gasteiger partial charge in [0, 0.05) is 5.92 Å². The van der Waals surface area contributed by atoms with Gasteiger partial charge in [-0.1, -0.05) is 13.8 Å². The number of hydrogen-bond acceptors (Lipinski definition) is 2. The Labute approximate surface area is 44.4 Å². The molecule has 0 rings (SSSR count). The summed E-state index contributed by atoms with van der Waals surface area (Å²) in [5.41, 5.74) is 0. The zero-order valence-electron chi connectivity index (χ0n) is 4.46. The van der Waals surface area contributed by atoms with Crippen molar-refractivity contribution < 1.29 is 9.79 Å². The fourth-order valence-electron chi connectivity index (χ4n) is 0.255. The van der Waals surface area contributed by atoms with Crippen LogP contribution in [0.4, 0.5) is 0 Å². The maximum absolute atomic E-state index is 9.90. The van der Waals surface area contributed by atoms with Gasteiger partial charge in [-0.3, -0.25) is 0 Å². The van der Waals surface area contributed by atoms with Crippen LogP contribution in [0.1, 0.15) is 13.8 Å². The first-order valence-corrected chi connectivity index (χ1v) is 3.41. The van der Waals surface area contributed by atoms with E-state index >= 15 is 0 Å².